The van der Waals surface area contributed by atoms with Crippen LogP contribution in [0.1, 0.15) is 83.2 Å². The van der Waals surface area contributed by atoms with Crippen LogP contribution in [0, 0.1) is 12.8 Å². The smallest absolute Gasteiger partial charge is 0.328 e. The van der Waals surface area contributed by atoms with Crippen molar-refractivity contribution in [3.63, 3.8) is 0 Å². The van der Waals surface area contributed by atoms with Crippen LogP contribution in [0.15, 0.2) is 90.2 Å². The number of aromatic nitrogens is 3. The van der Waals surface area contributed by atoms with Crippen molar-refractivity contribution in [1.82, 2.24) is 19.9 Å². The maximum atomic E-state index is 14.0. The molecule has 1 amide bonds. The maximum Gasteiger partial charge on any atom is 0.328 e. The molecule has 1 N–H and O–H groups in total. The van der Waals surface area contributed by atoms with Crippen LogP contribution in [0.2, 0.25) is 0 Å². The van der Waals surface area contributed by atoms with Crippen molar-refractivity contribution in [3.05, 3.63) is 119 Å². The second-order valence-corrected chi connectivity index (χ2v) is 11.9. The van der Waals surface area contributed by atoms with Gasteiger partial charge in [-0.2, -0.15) is 0 Å². The average Bonchev–Trinajstić information content (AvgIpc) is 3.58. The molecule has 46 heavy (non-hydrogen) atoms. The zero-order valence-corrected chi connectivity index (χ0v) is 26.7. The minimum atomic E-state index is -0.667. The number of aliphatic hydroxyl groups is 1. The molecule has 1 aliphatic rings. The van der Waals surface area contributed by atoms with Crippen molar-refractivity contribution >= 4 is 18.1 Å². The lowest BCUT2D eigenvalue weighted by Gasteiger charge is -2.44. The van der Waals surface area contributed by atoms with E-state index in [1.54, 1.807) is 46.3 Å². The molecule has 1 aromatic heterocycles. The first-order chi connectivity index (χ1) is 22.3. The van der Waals surface area contributed by atoms with E-state index in [9.17, 15) is 14.7 Å². The van der Waals surface area contributed by atoms with E-state index < -0.39 is 18.1 Å². The molecule has 0 spiro atoms. The molecule has 10 nitrogen and oxygen atoms in total. The fraction of sp³-hybridized carbons (Fsp3) is 0.361. The zero-order valence-electron chi connectivity index (χ0n) is 26.7. The van der Waals surface area contributed by atoms with Gasteiger partial charge in [-0.15, -0.1) is 5.10 Å². The number of carbonyl (C=O) groups is 2. The summed E-state index contributed by atoms with van der Waals surface area (Å²) in [4.78, 5) is 34.2. The van der Waals surface area contributed by atoms with Gasteiger partial charge in [-0.25, -0.2) is 9.48 Å². The molecule has 0 radical (unpaired) electrons. The third kappa shape index (κ3) is 7.51. The van der Waals surface area contributed by atoms with E-state index in [2.05, 4.69) is 22.4 Å². The number of hydrogen-bond acceptors (Lipinski definition) is 8. The fourth-order valence-electron chi connectivity index (χ4n) is 5.95. The number of methoxy groups -OCH3 is 1. The Morgan fingerprint density at radius 1 is 1.04 bits per heavy atom. The number of amides is 1. The summed E-state index contributed by atoms with van der Waals surface area (Å²) in [7, 11) is 1.36. The SMILES string of the molecule is COC(=O)[C@@H]1CC[C@H](C)[C@@H](c2ccc(C)cc2)N1C(=O)c1ccc(/C=N/O[C@H](C)c2cn([C@H](CO)Cc3ccccc3)nn2)cc1. The molecule has 1 saturated heterocycles. The van der Waals surface area contributed by atoms with Crippen LogP contribution in [0.5, 0.6) is 0 Å². The molecule has 1 aliphatic heterocycles. The van der Waals surface area contributed by atoms with Gasteiger partial charge in [0.25, 0.3) is 5.91 Å². The van der Waals surface area contributed by atoms with Crippen molar-refractivity contribution in [3.8, 4) is 0 Å². The topological polar surface area (TPSA) is 119 Å². The molecular weight excluding hydrogens is 582 g/mol. The number of nitrogens with zero attached hydrogens (tertiary/aromatic N) is 5. The van der Waals surface area contributed by atoms with Crippen molar-refractivity contribution in [2.75, 3.05) is 13.7 Å². The summed E-state index contributed by atoms with van der Waals surface area (Å²) >= 11 is 0. The van der Waals surface area contributed by atoms with Crippen LogP contribution in [-0.4, -0.2) is 62.8 Å². The van der Waals surface area contributed by atoms with Gasteiger partial charge in [0, 0.05) is 5.56 Å². The normalized spacial score (nSPS) is 19.5. The number of benzene rings is 3. The lowest BCUT2D eigenvalue weighted by Crippen LogP contribution is -2.52. The summed E-state index contributed by atoms with van der Waals surface area (Å²) in [6.07, 6.45) is 4.83. The third-order valence-corrected chi connectivity index (χ3v) is 8.62. The highest BCUT2D eigenvalue weighted by Crippen LogP contribution is 2.40. The number of likely N-dealkylation sites (tertiary alicyclic amines) is 1. The molecular formula is C36H41N5O5. The van der Waals surface area contributed by atoms with E-state index in [-0.39, 0.29) is 30.5 Å². The van der Waals surface area contributed by atoms with Crippen molar-refractivity contribution < 1.29 is 24.3 Å². The molecule has 4 aromatic rings. The van der Waals surface area contributed by atoms with Gasteiger partial charge in [-0.3, -0.25) is 4.79 Å². The molecule has 1 fully saturated rings. The van der Waals surface area contributed by atoms with Crippen LogP contribution in [0.3, 0.4) is 0 Å². The third-order valence-electron chi connectivity index (χ3n) is 8.62. The largest absolute Gasteiger partial charge is 0.467 e. The van der Waals surface area contributed by atoms with Crippen LogP contribution in [0.25, 0.3) is 0 Å². The number of carbonyl (C=O) groups excluding carboxylic acids is 2. The molecule has 10 heteroatoms. The average molecular weight is 624 g/mol. The fourth-order valence-corrected chi connectivity index (χ4v) is 5.95. The van der Waals surface area contributed by atoms with Gasteiger partial charge in [0.1, 0.15) is 11.7 Å². The Hall–Kier alpha value is -4.83. The number of piperidine rings is 1. The van der Waals surface area contributed by atoms with E-state index in [0.29, 0.717) is 24.1 Å². The highest BCUT2D eigenvalue weighted by atomic mass is 16.6. The number of hydrogen-bond donors (Lipinski definition) is 1. The molecule has 0 bridgehead atoms. The first-order valence-electron chi connectivity index (χ1n) is 15.6. The van der Waals surface area contributed by atoms with Crippen LogP contribution in [-0.2, 0) is 20.8 Å². The Kier molecular flexibility index (Phi) is 10.6. The first kappa shape index (κ1) is 32.6. The molecule has 240 valence electrons. The second-order valence-electron chi connectivity index (χ2n) is 11.9. The van der Waals surface area contributed by atoms with Crippen molar-refractivity contribution in [1.29, 1.82) is 0 Å². The minimum Gasteiger partial charge on any atom is -0.467 e. The summed E-state index contributed by atoms with van der Waals surface area (Å²) in [5.41, 5.74) is 5.02. The van der Waals surface area contributed by atoms with Crippen LogP contribution < -0.4 is 0 Å². The lowest BCUT2D eigenvalue weighted by molar-refractivity contribution is -0.149. The van der Waals surface area contributed by atoms with E-state index >= 15 is 0 Å². The van der Waals surface area contributed by atoms with Gasteiger partial charge in [0.05, 0.1) is 38.2 Å². The lowest BCUT2D eigenvalue weighted by atomic mass is 9.82. The summed E-state index contributed by atoms with van der Waals surface area (Å²) in [5.74, 6) is -0.467. The van der Waals surface area contributed by atoms with E-state index in [4.69, 9.17) is 9.57 Å². The Labute approximate surface area is 269 Å². The van der Waals surface area contributed by atoms with Crippen LogP contribution >= 0.6 is 0 Å². The molecule has 5 atom stereocenters. The predicted molar refractivity (Wildman–Crippen MR) is 174 cm³/mol. The van der Waals surface area contributed by atoms with Crippen molar-refractivity contribution in [2.45, 2.75) is 64.3 Å². The summed E-state index contributed by atoms with van der Waals surface area (Å²) in [6, 6.07) is 23.9. The van der Waals surface area contributed by atoms with Crippen LogP contribution in [0.4, 0.5) is 0 Å². The molecule has 5 rings (SSSR count). The quantitative estimate of drug-likeness (QED) is 0.131. The Morgan fingerprint density at radius 2 is 1.76 bits per heavy atom. The van der Waals surface area contributed by atoms with Gasteiger partial charge in [-0.05, 0) is 67.9 Å². The molecule has 2 heterocycles. The Bertz CT molecular complexity index is 1620. The molecule has 0 aliphatic carbocycles. The van der Waals surface area contributed by atoms with E-state index in [1.165, 1.54) is 7.11 Å². The maximum absolute atomic E-state index is 14.0. The van der Waals surface area contributed by atoms with Gasteiger partial charge < -0.3 is 19.6 Å². The summed E-state index contributed by atoms with van der Waals surface area (Å²) in [5, 5.41) is 22.5. The number of ether oxygens (including phenoxy) is 1. The Balaban J connectivity index is 1.25. The van der Waals surface area contributed by atoms with E-state index in [0.717, 1.165) is 28.7 Å². The number of aliphatic hydroxyl groups excluding tert-OH is 1. The van der Waals surface area contributed by atoms with Crippen molar-refractivity contribution in [2.24, 2.45) is 11.1 Å². The van der Waals surface area contributed by atoms with Gasteiger partial charge >= 0.3 is 5.97 Å². The standard InChI is InChI=1S/C36H41N5O5/c1-24-10-15-29(16-11-24)34-25(2)12-19-33(36(44)45-4)41(34)35(43)30-17-13-28(14-18-30)21-37-46-26(3)32-22-40(39-38-32)31(23-42)20-27-8-6-5-7-9-27/h5-11,13-18,21-22,25-26,31,33-34,42H,12,19-20,23H2,1-4H3/b37-21+/t25-,26+,31-,33-,34-/m0/s1. The number of rotatable bonds is 11. The summed E-state index contributed by atoms with van der Waals surface area (Å²) in [6.45, 7) is 5.89. The van der Waals surface area contributed by atoms with Gasteiger partial charge in [0.15, 0.2) is 6.10 Å². The first-order valence-corrected chi connectivity index (χ1v) is 15.6. The number of esters is 1. The Morgan fingerprint density at radius 3 is 2.43 bits per heavy atom. The molecule has 0 unspecified atom stereocenters. The van der Waals surface area contributed by atoms with E-state index in [1.807, 2.05) is 68.4 Å². The number of aryl methyl sites for hydroxylation is 1. The minimum absolute atomic E-state index is 0.0731. The summed E-state index contributed by atoms with van der Waals surface area (Å²) < 4.78 is 6.77. The monoisotopic (exact) mass is 623 g/mol. The van der Waals surface area contributed by atoms with Gasteiger partial charge in [0.2, 0.25) is 0 Å². The molecule has 0 saturated carbocycles. The second kappa shape index (κ2) is 15.0. The predicted octanol–water partition coefficient (Wildman–Crippen LogP) is 5.63. The zero-order chi connectivity index (χ0) is 32.6. The highest BCUT2D eigenvalue weighted by molar-refractivity contribution is 5.98. The highest BCUT2D eigenvalue weighted by Gasteiger charge is 2.43. The van der Waals surface area contributed by atoms with Gasteiger partial charge in [-0.1, -0.05) is 89.6 Å². The molecule has 3 aromatic carbocycles. The number of oxime groups is 1.